The third-order valence-corrected chi connectivity index (χ3v) is 6.50. The lowest BCUT2D eigenvalue weighted by Gasteiger charge is -2.10. The minimum absolute atomic E-state index is 0.194. The van der Waals surface area contributed by atoms with Crippen LogP contribution in [0.15, 0.2) is 35.3 Å². The Morgan fingerprint density at radius 1 is 1.21 bits per heavy atom. The highest BCUT2D eigenvalue weighted by Gasteiger charge is 2.23. The fourth-order valence-corrected chi connectivity index (χ4v) is 4.75. The van der Waals surface area contributed by atoms with Crippen molar-refractivity contribution in [1.82, 2.24) is 9.78 Å². The molecule has 0 radical (unpaired) electrons. The lowest BCUT2D eigenvalue weighted by molar-refractivity contribution is 0.102. The normalized spacial score (nSPS) is 12.9. The molecule has 0 saturated heterocycles. The number of rotatable bonds is 3. The summed E-state index contributed by atoms with van der Waals surface area (Å²) in [6.45, 7) is 4.02. The monoisotopic (exact) mass is 404 g/mol. The zero-order valence-electron chi connectivity index (χ0n) is 16.3. The number of amides is 1. The number of carbonyl (C=O) groups excluding carboxylic acids is 1. The van der Waals surface area contributed by atoms with E-state index in [2.05, 4.69) is 16.5 Å². The van der Waals surface area contributed by atoms with Gasteiger partial charge in [-0.25, -0.2) is 4.68 Å². The van der Waals surface area contributed by atoms with Crippen LogP contribution >= 0.6 is 11.3 Å². The van der Waals surface area contributed by atoms with E-state index in [-0.39, 0.29) is 5.69 Å². The van der Waals surface area contributed by atoms with Crippen LogP contribution in [0.4, 0.5) is 5.00 Å². The zero-order valence-corrected chi connectivity index (χ0v) is 17.1. The Morgan fingerprint density at radius 3 is 2.76 bits per heavy atom. The van der Waals surface area contributed by atoms with Crippen molar-refractivity contribution in [3.63, 3.8) is 0 Å². The van der Waals surface area contributed by atoms with E-state index in [9.17, 15) is 14.9 Å². The molecule has 3 aromatic rings. The largest absolute Gasteiger partial charge is 0.311 e. The number of nitrogens with one attached hydrogen (secondary N) is 1. The Morgan fingerprint density at radius 2 is 2.00 bits per heavy atom. The quantitative estimate of drug-likeness (QED) is 0.717. The van der Waals surface area contributed by atoms with Gasteiger partial charge in [-0.2, -0.15) is 10.4 Å². The third kappa shape index (κ3) is 3.59. The predicted molar refractivity (Wildman–Crippen MR) is 113 cm³/mol. The SMILES string of the molecule is Cc1ccc(-n2ccc(=O)c(C(=O)Nc3sc4c(c3C#N)CCCC4)n2)cc1C. The van der Waals surface area contributed by atoms with Gasteiger partial charge in [-0.1, -0.05) is 6.07 Å². The maximum atomic E-state index is 12.8. The number of aromatic nitrogens is 2. The van der Waals surface area contributed by atoms with Crippen LogP contribution in [0.2, 0.25) is 0 Å². The first-order valence-electron chi connectivity index (χ1n) is 9.51. The zero-order chi connectivity index (χ0) is 20.5. The van der Waals surface area contributed by atoms with Crippen LogP contribution in [-0.4, -0.2) is 15.7 Å². The molecule has 6 nitrogen and oxygen atoms in total. The summed E-state index contributed by atoms with van der Waals surface area (Å²) >= 11 is 1.43. The number of carbonyl (C=O) groups is 1. The van der Waals surface area contributed by atoms with Crippen LogP contribution < -0.4 is 10.7 Å². The summed E-state index contributed by atoms with van der Waals surface area (Å²) in [5.41, 5.74) is 3.92. The number of nitriles is 1. The Labute approximate surface area is 172 Å². The van der Waals surface area contributed by atoms with Gasteiger partial charge in [0.2, 0.25) is 5.43 Å². The predicted octanol–water partition coefficient (Wildman–Crippen LogP) is 3.91. The second-order valence-electron chi connectivity index (χ2n) is 7.22. The highest BCUT2D eigenvalue weighted by Crippen LogP contribution is 2.37. The van der Waals surface area contributed by atoms with Crippen LogP contribution in [-0.2, 0) is 12.8 Å². The maximum absolute atomic E-state index is 12.8. The topological polar surface area (TPSA) is 87.8 Å². The lowest BCUT2D eigenvalue weighted by atomic mass is 9.96. The Hall–Kier alpha value is -3.24. The Balaban J connectivity index is 1.68. The van der Waals surface area contributed by atoms with E-state index in [1.54, 1.807) is 6.20 Å². The first kappa shape index (κ1) is 19.1. The fraction of sp³-hybridized carbons (Fsp3) is 0.273. The molecule has 0 unspecified atom stereocenters. The van der Waals surface area contributed by atoms with Crippen molar-refractivity contribution in [2.75, 3.05) is 5.32 Å². The molecule has 2 heterocycles. The summed E-state index contributed by atoms with van der Waals surface area (Å²) < 4.78 is 1.52. The van der Waals surface area contributed by atoms with Gasteiger partial charge >= 0.3 is 0 Å². The molecule has 7 heteroatoms. The molecule has 0 bridgehead atoms. The van der Waals surface area contributed by atoms with Crippen molar-refractivity contribution >= 4 is 22.2 Å². The molecular weight excluding hydrogens is 384 g/mol. The summed E-state index contributed by atoms with van der Waals surface area (Å²) in [4.78, 5) is 26.3. The van der Waals surface area contributed by atoms with Crippen molar-refractivity contribution < 1.29 is 4.79 Å². The van der Waals surface area contributed by atoms with Crippen LogP contribution in [0.3, 0.4) is 0 Å². The first-order valence-corrected chi connectivity index (χ1v) is 10.3. The molecule has 0 atom stereocenters. The number of hydrogen-bond donors (Lipinski definition) is 1. The molecular formula is C22H20N4O2S. The fourth-order valence-electron chi connectivity index (χ4n) is 3.51. The van der Waals surface area contributed by atoms with Crippen LogP contribution in [0.5, 0.6) is 0 Å². The van der Waals surface area contributed by atoms with Gasteiger partial charge in [0.15, 0.2) is 5.69 Å². The van der Waals surface area contributed by atoms with Crippen LogP contribution in [0.25, 0.3) is 5.69 Å². The summed E-state index contributed by atoms with van der Waals surface area (Å²) in [5.74, 6) is -0.594. The molecule has 0 saturated carbocycles. The van der Waals surface area contributed by atoms with Gasteiger partial charge in [0.1, 0.15) is 11.1 Å². The second-order valence-corrected chi connectivity index (χ2v) is 8.33. The molecule has 1 aliphatic carbocycles. The number of thiophene rings is 1. The van der Waals surface area contributed by atoms with E-state index >= 15 is 0 Å². The van der Waals surface area contributed by atoms with E-state index in [0.29, 0.717) is 10.6 Å². The number of nitrogens with zero attached hydrogens (tertiary/aromatic N) is 3. The maximum Gasteiger partial charge on any atom is 0.280 e. The molecule has 4 rings (SSSR count). The van der Waals surface area contributed by atoms with Crippen molar-refractivity contribution in [3.8, 4) is 11.8 Å². The van der Waals surface area contributed by atoms with Gasteiger partial charge in [0.25, 0.3) is 5.91 Å². The van der Waals surface area contributed by atoms with Crippen molar-refractivity contribution in [1.29, 1.82) is 5.26 Å². The lowest BCUT2D eigenvalue weighted by Crippen LogP contribution is -2.25. The van der Waals surface area contributed by atoms with Crippen molar-refractivity contribution in [3.05, 3.63) is 73.5 Å². The van der Waals surface area contributed by atoms with Gasteiger partial charge in [-0.15, -0.1) is 11.3 Å². The number of anilines is 1. The number of benzene rings is 1. The Bertz CT molecular complexity index is 1220. The molecule has 1 amide bonds. The Kier molecular flexibility index (Phi) is 5.03. The number of fused-ring (bicyclic) bond motifs is 1. The minimum atomic E-state index is -0.594. The second kappa shape index (κ2) is 7.64. The third-order valence-electron chi connectivity index (χ3n) is 5.29. The van der Waals surface area contributed by atoms with Gasteiger partial charge in [0.05, 0.1) is 11.3 Å². The average molecular weight is 404 g/mol. The minimum Gasteiger partial charge on any atom is -0.311 e. The van der Waals surface area contributed by atoms with E-state index in [1.807, 2.05) is 32.0 Å². The van der Waals surface area contributed by atoms with Gasteiger partial charge in [0, 0.05) is 17.1 Å². The van der Waals surface area contributed by atoms with Crippen LogP contribution in [0.1, 0.15) is 50.5 Å². The first-order chi connectivity index (χ1) is 14.0. The molecule has 146 valence electrons. The van der Waals surface area contributed by atoms with E-state index in [1.165, 1.54) is 22.1 Å². The van der Waals surface area contributed by atoms with E-state index in [4.69, 9.17) is 0 Å². The molecule has 29 heavy (non-hydrogen) atoms. The number of hydrogen-bond acceptors (Lipinski definition) is 5. The van der Waals surface area contributed by atoms with Crippen molar-refractivity contribution in [2.24, 2.45) is 0 Å². The molecule has 1 aliphatic rings. The summed E-state index contributed by atoms with van der Waals surface area (Å²) in [6.07, 6.45) is 5.47. The van der Waals surface area contributed by atoms with Gasteiger partial charge in [-0.3, -0.25) is 9.59 Å². The summed E-state index contributed by atoms with van der Waals surface area (Å²) in [5, 5.41) is 17.1. The standard InChI is InChI=1S/C22H20N4O2S/c1-13-7-8-15(11-14(13)2)26-10-9-18(27)20(25-26)21(28)24-22-17(12-23)16-5-3-4-6-19(16)29-22/h7-11H,3-6H2,1-2H3,(H,24,28). The smallest absolute Gasteiger partial charge is 0.280 e. The van der Waals surface area contributed by atoms with Crippen molar-refractivity contribution in [2.45, 2.75) is 39.5 Å². The average Bonchev–Trinajstić information content (AvgIpc) is 3.07. The molecule has 0 spiro atoms. The van der Waals surface area contributed by atoms with Gasteiger partial charge in [-0.05, 0) is 68.4 Å². The van der Waals surface area contributed by atoms with E-state index < -0.39 is 11.3 Å². The molecule has 1 aromatic carbocycles. The molecule has 0 aliphatic heterocycles. The highest BCUT2D eigenvalue weighted by molar-refractivity contribution is 7.16. The van der Waals surface area contributed by atoms with Gasteiger partial charge < -0.3 is 5.32 Å². The number of aryl methyl sites for hydroxylation is 3. The summed E-state index contributed by atoms with van der Waals surface area (Å²) in [7, 11) is 0. The highest BCUT2D eigenvalue weighted by atomic mass is 32.1. The summed E-state index contributed by atoms with van der Waals surface area (Å²) in [6, 6.07) is 9.37. The molecule has 2 aromatic heterocycles. The van der Waals surface area contributed by atoms with Crippen LogP contribution in [0, 0.1) is 25.2 Å². The van der Waals surface area contributed by atoms with E-state index in [0.717, 1.165) is 52.9 Å². The molecule has 1 N–H and O–H groups in total. The molecule has 0 fully saturated rings.